The summed E-state index contributed by atoms with van der Waals surface area (Å²) in [5.74, 6) is -0.0360. The number of amides is 1. The average Bonchev–Trinajstić information content (AvgIpc) is 2.63. The Hall–Kier alpha value is -2.89. The Bertz CT molecular complexity index is 862. The number of hydrogen-bond acceptors (Lipinski definition) is 7. The molecule has 0 saturated carbocycles. The first-order valence-corrected chi connectivity index (χ1v) is 8.17. The van der Waals surface area contributed by atoms with Crippen molar-refractivity contribution >= 4 is 40.4 Å². The van der Waals surface area contributed by atoms with Crippen LogP contribution in [0.15, 0.2) is 35.4 Å². The summed E-state index contributed by atoms with van der Waals surface area (Å²) in [5, 5.41) is 24.4. The van der Waals surface area contributed by atoms with Gasteiger partial charge < -0.3 is 14.6 Å². The van der Waals surface area contributed by atoms with Gasteiger partial charge in [0.25, 0.3) is 5.91 Å². The van der Waals surface area contributed by atoms with Crippen molar-refractivity contribution in [3.05, 3.63) is 55.1 Å². The van der Waals surface area contributed by atoms with E-state index in [2.05, 4.69) is 10.5 Å². The number of hydrazone groups is 1. The smallest absolute Gasteiger partial charge is 0.312 e. The summed E-state index contributed by atoms with van der Waals surface area (Å²) in [7, 11) is 2.93. The van der Waals surface area contributed by atoms with Crippen LogP contribution in [-0.4, -0.2) is 36.4 Å². The number of nitro benzene ring substituents is 1. The third kappa shape index (κ3) is 4.59. The molecule has 0 spiro atoms. The zero-order valence-electron chi connectivity index (χ0n) is 13.7. The van der Waals surface area contributed by atoms with Gasteiger partial charge in [-0.3, -0.25) is 14.9 Å². The van der Waals surface area contributed by atoms with Crippen LogP contribution in [0.1, 0.15) is 15.9 Å². The highest BCUT2D eigenvalue weighted by Gasteiger charge is 2.17. The maximum atomic E-state index is 12.2. The van der Waals surface area contributed by atoms with Crippen LogP contribution in [0.2, 0.25) is 0 Å². The number of hydrogen-bond donors (Lipinski definition) is 2. The van der Waals surface area contributed by atoms with Gasteiger partial charge in [-0.2, -0.15) is 5.10 Å². The van der Waals surface area contributed by atoms with Gasteiger partial charge in [0.15, 0.2) is 0 Å². The van der Waals surface area contributed by atoms with Crippen LogP contribution < -0.4 is 14.9 Å². The van der Waals surface area contributed by atoms with E-state index in [1.54, 1.807) is 28.7 Å². The van der Waals surface area contributed by atoms with Crippen LogP contribution in [0.5, 0.6) is 17.2 Å². The first-order chi connectivity index (χ1) is 12.3. The fourth-order valence-corrected chi connectivity index (χ4v) is 2.62. The van der Waals surface area contributed by atoms with Gasteiger partial charge in [0.1, 0.15) is 11.5 Å². The van der Waals surface area contributed by atoms with E-state index in [1.807, 2.05) is 0 Å². The molecule has 0 saturated heterocycles. The molecule has 10 heteroatoms. The van der Waals surface area contributed by atoms with Crippen LogP contribution in [0.4, 0.5) is 5.69 Å². The molecule has 1 amide bonds. The normalized spacial score (nSPS) is 10.6. The highest BCUT2D eigenvalue weighted by molar-refractivity contribution is 14.1. The van der Waals surface area contributed by atoms with Crippen molar-refractivity contribution in [1.29, 1.82) is 0 Å². The second-order valence-electron chi connectivity index (χ2n) is 4.93. The van der Waals surface area contributed by atoms with Gasteiger partial charge in [-0.1, -0.05) is 0 Å². The van der Waals surface area contributed by atoms with Gasteiger partial charge in [0, 0.05) is 23.3 Å². The van der Waals surface area contributed by atoms with Crippen molar-refractivity contribution < 1.29 is 24.3 Å². The molecule has 2 rings (SSSR count). The molecule has 0 fully saturated rings. The predicted octanol–water partition coefficient (Wildman–Crippen LogP) is 2.69. The fraction of sp³-hybridized carbons (Fsp3) is 0.125. The van der Waals surface area contributed by atoms with Gasteiger partial charge >= 0.3 is 5.69 Å². The van der Waals surface area contributed by atoms with Gasteiger partial charge in [0.05, 0.1) is 28.9 Å². The number of nitrogens with one attached hydrogen (secondary N) is 1. The van der Waals surface area contributed by atoms with E-state index in [0.29, 0.717) is 20.6 Å². The lowest BCUT2D eigenvalue weighted by Gasteiger charge is -2.07. The monoisotopic (exact) mass is 471 g/mol. The van der Waals surface area contributed by atoms with E-state index in [1.165, 1.54) is 38.6 Å². The lowest BCUT2D eigenvalue weighted by molar-refractivity contribution is -0.386. The van der Waals surface area contributed by atoms with Crippen LogP contribution >= 0.6 is 22.6 Å². The minimum atomic E-state index is -0.698. The molecule has 0 aliphatic rings. The number of aromatic hydroxyl groups is 1. The predicted molar refractivity (Wildman–Crippen MR) is 102 cm³/mol. The number of carbonyl (C=O) groups is 1. The average molecular weight is 471 g/mol. The van der Waals surface area contributed by atoms with Crippen molar-refractivity contribution in [3.63, 3.8) is 0 Å². The number of ether oxygens (including phenoxy) is 2. The first kappa shape index (κ1) is 19.4. The summed E-state index contributed by atoms with van der Waals surface area (Å²) in [4.78, 5) is 22.4. The second kappa shape index (κ2) is 8.47. The van der Waals surface area contributed by atoms with Crippen LogP contribution in [0.3, 0.4) is 0 Å². The Labute approximate surface area is 161 Å². The molecule has 2 aromatic carbocycles. The van der Waals surface area contributed by atoms with E-state index in [-0.39, 0.29) is 5.56 Å². The lowest BCUT2D eigenvalue weighted by atomic mass is 10.2. The summed E-state index contributed by atoms with van der Waals surface area (Å²) in [6.07, 6.45) is 1.24. The van der Waals surface area contributed by atoms with Crippen molar-refractivity contribution in [2.24, 2.45) is 5.10 Å². The topological polar surface area (TPSA) is 123 Å². The van der Waals surface area contributed by atoms with E-state index in [9.17, 15) is 20.0 Å². The molecule has 136 valence electrons. The summed E-state index contributed by atoms with van der Waals surface area (Å²) >= 11 is 1.77. The largest absolute Gasteiger partial charge is 0.501 e. The Morgan fingerprint density at radius 2 is 1.85 bits per heavy atom. The second-order valence-corrected chi connectivity index (χ2v) is 6.09. The summed E-state index contributed by atoms with van der Waals surface area (Å²) in [6.45, 7) is 0. The molecule has 0 aliphatic carbocycles. The summed E-state index contributed by atoms with van der Waals surface area (Å²) < 4.78 is 10.5. The molecule has 2 N–H and O–H groups in total. The fourth-order valence-electron chi connectivity index (χ4n) is 1.99. The minimum Gasteiger partial charge on any atom is -0.501 e. The number of halogens is 1. The highest BCUT2D eigenvalue weighted by atomic mass is 127. The number of phenols is 1. The Kier molecular flexibility index (Phi) is 6.33. The molecule has 26 heavy (non-hydrogen) atoms. The maximum Gasteiger partial charge on any atom is 0.312 e. The van der Waals surface area contributed by atoms with Crippen molar-refractivity contribution in [1.82, 2.24) is 5.43 Å². The van der Waals surface area contributed by atoms with Gasteiger partial charge in [0.2, 0.25) is 5.75 Å². The van der Waals surface area contributed by atoms with E-state index >= 15 is 0 Å². The van der Waals surface area contributed by atoms with E-state index < -0.39 is 22.3 Å². The molecule has 0 aliphatic heterocycles. The molecule has 0 bridgehead atoms. The van der Waals surface area contributed by atoms with Gasteiger partial charge in [-0.25, -0.2) is 5.43 Å². The zero-order valence-corrected chi connectivity index (χ0v) is 15.9. The number of nitro groups is 1. The van der Waals surface area contributed by atoms with Crippen molar-refractivity contribution in [2.45, 2.75) is 0 Å². The van der Waals surface area contributed by atoms with Crippen LogP contribution in [0.25, 0.3) is 0 Å². The number of rotatable bonds is 6. The minimum absolute atomic E-state index is 0.268. The molecular formula is C16H14IN3O6. The van der Waals surface area contributed by atoms with Crippen LogP contribution in [-0.2, 0) is 0 Å². The molecule has 2 aromatic rings. The zero-order chi connectivity index (χ0) is 19.3. The molecule has 0 atom stereocenters. The molecule has 0 radical (unpaired) electrons. The van der Waals surface area contributed by atoms with Crippen molar-refractivity contribution in [3.8, 4) is 17.2 Å². The quantitative estimate of drug-likeness (QED) is 0.289. The Morgan fingerprint density at radius 1 is 1.23 bits per heavy atom. The standard InChI is InChI=1S/C16H14IN3O6/c1-25-11-5-10(6-12(7-11)26-2)16(22)19-18-8-9-3-13(17)15(21)14(4-9)20(23)24/h3-8,21H,1-2H3,(H,19,22)/b18-8+. The lowest BCUT2D eigenvalue weighted by Crippen LogP contribution is -2.17. The molecular weight excluding hydrogens is 457 g/mol. The number of carbonyl (C=O) groups excluding carboxylic acids is 1. The molecule has 0 heterocycles. The van der Waals surface area contributed by atoms with E-state index in [4.69, 9.17) is 9.47 Å². The van der Waals surface area contributed by atoms with Gasteiger partial charge in [-0.15, -0.1) is 0 Å². The first-order valence-electron chi connectivity index (χ1n) is 7.09. The van der Waals surface area contributed by atoms with Gasteiger partial charge in [-0.05, 0) is 40.8 Å². The third-order valence-corrected chi connectivity index (χ3v) is 4.08. The molecule has 9 nitrogen and oxygen atoms in total. The van der Waals surface area contributed by atoms with Crippen molar-refractivity contribution in [2.75, 3.05) is 14.2 Å². The van der Waals surface area contributed by atoms with Crippen LogP contribution in [0, 0.1) is 13.7 Å². The number of phenolic OH excluding ortho intramolecular Hbond substituents is 1. The maximum absolute atomic E-state index is 12.2. The Morgan fingerprint density at radius 3 is 2.38 bits per heavy atom. The number of methoxy groups -OCH3 is 2. The summed E-state index contributed by atoms with van der Waals surface area (Å²) in [6, 6.07) is 7.30. The molecule has 0 unspecified atom stereocenters. The van der Waals surface area contributed by atoms with E-state index in [0.717, 1.165) is 6.07 Å². The number of benzene rings is 2. The number of nitrogens with zero attached hydrogens (tertiary/aromatic N) is 2. The molecule has 0 aromatic heterocycles. The Balaban J connectivity index is 2.18. The SMILES string of the molecule is COc1cc(OC)cc(C(=O)N/N=C/c2cc(I)c(O)c([N+](=O)[O-])c2)c1. The highest BCUT2D eigenvalue weighted by Crippen LogP contribution is 2.31. The summed E-state index contributed by atoms with van der Waals surface area (Å²) in [5.41, 5.74) is 2.49. The third-order valence-electron chi connectivity index (χ3n) is 3.26.